The predicted octanol–water partition coefficient (Wildman–Crippen LogP) is 5.57. The van der Waals surface area contributed by atoms with Gasteiger partial charge in [0.05, 0.1) is 11.3 Å². The molecule has 3 aromatic carbocycles. The molecule has 0 saturated carbocycles. The van der Waals surface area contributed by atoms with Crippen molar-refractivity contribution >= 4 is 34.6 Å². The van der Waals surface area contributed by atoms with Crippen molar-refractivity contribution in [1.82, 2.24) is 0 Å². The maximum Gasteiger partial charge on any atom is 0.257 e. The van der Waals surface area contributed by atoms with Crippen LogP contribution in [0.15, 0.2) is 60.7 Å². The fourth-order valence-electron chi connectivity index (χ4n) is 3.09. The van der Waals surface area contributed by atoms with Crippen molar-refractivity contribution in [1.29, 1.82) is 0 Å². The van der Waals surface area contributed by atoms with E-state index in [-0.39, 0.29) is 11.8 Å². The van der Waals surface area contributed by atoms with Gasteiger partial charge < -0.3 is 16.0 Å². The van der Waals surface area contributed by atoms with Crippen molar-refractivity contribution in [2.24, 2.45) is 0 Å². The monoisotopic (exact) mass is 387 g/mol. The van der Waals surface area contributed by atoms with Gasteiger partial charge in [-0.05, 0) is 73.9 Å². The van der Waals surface area contributed by atoms with Gasteiger partial charge in [-0.3, -0.25) is 9.59 Å². The van der Waals surface area contributed by atoms with Crippen LogP contribution >= 0.6 is 0 Å². The molecule has 0 aromatic heterocycles. The van der Waals surface area contributed by atoms with Crippen molar-refractivity contribution in [2.45, 2.75) is 27.7 Å². The molecule has 3 N–H and O–H groups in total. The zero-order valence-corrected chi connectivity index (χ0v) is 17.1. The molecular weight excluding hydrogens is 362 g/mol. The smallest absolute Gasteiger partial charge is 0.257 e. The van der Waals surface area contributed by atoms with Crippen molar-refractivity contribution in [3.63, 3.8) is 0 Å². The second kappa shape index (κ2) is 8.61. The molecule has 3 aromatic rings. The van der Waals surface area contributed by atoms with Crippen LogP contribution < -0.4 is 16.0 Å². The normalized spacial score (nSPS) is 10.3. The summed E-state index contributed by atoms with van der Waals surface area (Å²) in [6.45, 7) is 7.47. The van der Waals surface area contributed by atoms with Gasteiger partial charge in [0.25, 0.3) is 5.91 Å². The average Bonchev–Trinajstić information content (AvgIpc) is 2.68. The lowest BCUT2D eigenvalue weighted by Gasteiger charge is -2.15. The molecule has 3 rings (SSSR count). The molecule has 5 nitrogen and oxygen atoms in total. The molecule has 0 bridgehead atoms. The molecule has 0 aliphatic rings. The van der Waals surface area contributed by atoms with E-state index in [0.717, 1.165) is 28.2 Å². The van der Waals surface area contributed by atoms with E-state index in [1.807, 2.05) is 43.3 Å². The third kappa shape index (κ3) is 4.82. The number of carbonyl (C=O) groups excluding carboxylic acids is 2. The molecule has 0 saturated heterocycles. The number of benzene rings is 3. The molecule has 5 heteroatoms. The molecule has 0 aliphatic carbocycles. The summed E-state index contributed by atoms with van der Waals surface area (Å²) in [5.41, 5.74) is 6.87. The second-order valence-corrected chi connectivity index (χ2v) is 7.08. The summed E-state index contributed by atoms with van der Waals surface area (Å²) in [4.78, 5) is 24.2. The highest BCUT2D eigenvalue weighted by atomic mass is 16.2. The van der Waals surface area contributed by atoms with E-state index >= 15 is 0 Å². The number of aryl methyl sites for hydroxylation is 2. The fraction of sp³-hybridized carbons (Fsp3) is 0.167. The predicted molar refractivity (Wildman–Crippen MR) is 119 cm³/mol. The molecule has 0 spiro atoms. The summed E-state index contributed by atoms with van der Waals surface area (Å²) >= 11 is 0. The van der Waals surface area contributed by atoms with Gasteiger partial charge in [0, 0.05) is 24.0 Å². The van der Waals surface area contributed by atoms with Crippen molar-refractivity contribution in [3.8, 4) is 0 Å². The molecule has 0 radical (unpaired) electrons. The Hall–Kier alpha value is -3.60. The Balaban J connectivity index is 1.82. The van der Waals surface area contributed by atoms with Crippen LogP contribution in [0.5, 0.6) is 0 Å². The van der Waals surface area contributed by atoms with Gasteiger partial charge in [-0.2, -0.15) is 0 Å². The molecule has 29 heavy (non-hydrogen) atoms. The number of rotatable bonds is 5. The summed E-state index contributed by atoms with van der Waals surface area (Å²) in [5, 5.41) is 9.09. The topological polar surface area (TPSA) is 70.2 Å². The van der Waals surface area contributed by atoms with E-state index in [9.17, 15) is 9.59 Å². The first-order valence-corrected chi connectivity index (χ1v) is 9.47. The van der Waals surface area contributed by atoms with Crippen LogP contribution in [0.25, 0.3) is 0 Å². The Morgan fingerprint density at radius 2 is 1.45 bits per heavy atom. The van der Waals surface area contributed by atoms with Crippen LogP contribution in [0.3, 0.4) is 0 Å². The number of anilines is 4. The minimum Gasteiger partial charge on any atom is -0.355 e. The average molecular weight is 387 g/mol. The molecule has 0 atom stereocenters. The standard InChI is InChI=1S/C24H25N3O2/c1-15-8-7-11-22(17(15)3)27-23-10-6-5-9-20(23)24(29)26-19-12-13-21(16(2)14-19)25-18(4)28/h5-14,27H,1-4H3,(H,25,28)(H,26,29). The van der Waals surface area contributed by atoms with Gasteiger partial charge in [-0.1, -0.05) is 24.3 Å². The Bertz CT molecular complexity index is 1070. The molecule has 148 valence electrons. The molecule has 2 amide bonds. The lowest BCUT2D eigenvalue weighted by atomic mass is 10.1. The van der Waals surface area contributed by atoms with Gasteiger partial charge in [-0.15, -0.1) is 0 Å². The van der Waals surface area contributed by atoms with Crippen LogP contribution in [0.4, 0.5) is 22.7 Å². The van der Waals surface area contributed by atoms with Crippen LogP contribution in [-0.2, 0) is 4.79 Å². The van der Waals surface area contributed by atoms with E-state index in [1.54, 1.807) is 18.2 Å². The molecule has 0 aliphatic heterocycles. The zero-order chi connectivity index (χ0) is 21.0. The van der Waals surface area contributed by atoms with Gasteiger partial charge in [0.15, 0.2) is 0 Å². The highest BCUT2D eigenvalue weighted by molar-refractivity contribution is 6.08. The Morgan fingerprint density at radius 1 is 0.724 bits per heavy atom. The van der Waals surface area contributed by atoms with Gasteiger partial charge in [-0.25, -0.2) is 0 Å². The van der Waals surface area contributed by atoms with Crippen LogP contribution in [0.2, 0.25) is 0 Å². The van der Waals surface area contributed by atoms with Gasteiger partial charge in [0.2, 0.25) is 5.91 Å². The lowest BCUT2D eigenvalue weighted by molar-refractivity contribution is -0.114. The maximum absolute atomic E-state index is 12.9. The first kappa shape index (κ1) is 20.1. The van der Waals surface area contributed by atoms with Crippen LogP contribution in [0.1, 0.15) is 34.0 Å². The SMILES string of the molecule is CC(=O)Nc1ccc(NC(=O)c2ccccc2Nc2cccc(C)c2C)cc1C. The highest BCUT2D eigenvalue weighted by Gasteiger charge is 2.13. The number of hydrogen-bond acceptors (Lipinski definition) is 3. The fourth-order valence-corrected chi connectivity index (χ4v) is 3.09. The van der Waals surface area contributed by atoms with E-state index in [4.69, 9.17) is 0 Å². The largest absolute Gasteiger partial charge is 0.355 e. The Labute approximate surface area is 171 Å². The minimum atomic E-state index is -0.204. The van der Waals surface area contributed by atoms with E-state index in [1.165, 1.54) is 12.5 Å². The summed E-state index contributed by atoms with van der Waals surface area (Å²) in [6, 6.07) is 18.9. The van der Waals surface area contributed by atoms with Crippen LogP contribution in [-0.4, -0.2) is 11.8 Å². The molecule has 0 unspecified atom stereocenters. The number of hydrogen-bond donors (Lipinski definition) is 3. The molecule has 0 fully saturated rings. The lowest BCUT2D eigenvalue weighted by Crippen LogP contribution is -2.14. The first-order valence-electron chi connectivity index (χ1n) is 9.47. The van der Waals surface area contributed by atoms with Crippen molar-refractivity contribution < 1.29 is 9.59 Å². The van der Waals surface area contributed by atoms with Crippen molar-refractivity contribution in [3.05, 3.63) is 82.9 Å². The maximum atomic E-state index is 12.9. The number of carbonyl (C=O) groups is 2. The highest BCUT2D eigenvalue weighted by Crippen LogP contribution is 2.26. The van der Waals surface area contributed by atoms with Gasteiger partial charge in [0.1, 0.15) is 0 Å². The third-order valence-electron chi connectivity index (χ3n) is 4.84. The number of para-hydroxylation sites is 1. The molecule has 0 heterocycles. The second-order valence-electron chi connectivity index (χ2n) is 7.08. The Morgan fingerprint density at radius 3 is 2.17 bits per heavy atom. The summed E-state index contributed by atoms with van der Waals surface area (Å²) in [6.07, 6.45) is 0. The van der Waals surface area contributed by atoms with E-state index in [0.29, 0.717) is 11.3 Å². The van der Waals surface area contributed by atoms with Crippen molar-refractivity contribution in [2.75, 3.05) is 16.0 Å². The quantitative estimate of drug-likeness (QED) is 0.536. The third-order valence-corrected chi connectivity index (χ3v) is 4.84. The molecular formula is C24H25N3O2. The first-order chi connectivity index (χ1) is 13.8. The Kier molecular flexibility index (Phi) is 5.98. The number of nitrogens with one attached hydrogen (secondary N) is 3. The minimum absolute atomic E-state index is 0.128. The van der Waals surface area contributed by atoms with Crippen LogP contribution in [0, 0.1) is 20.8 Å². The summed E-state index contributed by atoms with van der Waals surface area (Å²) < 4.78 is 0. The number of amides is 2. The zero-order valence-electron chi connectivity index (χ0n) is 17.1. The van der Waals surface area contributed by atoms with E-state index < -0.39 is 0 Å². The summed E-state index contributed by atoms with van der Waals surface area (Å²) in [5.74, 6) is -0.332. The van der Waals surface area contributed by atoms with Gasteiger partial charge >= 0.3 is 0 Å². The summed E-state index contributed by atoms with van der Waals surface area (Å²) in [7, 11) is 0. The van der Waals surface area contributed by atoms with E-state index in [2.05, 4.69) is 35.9 Å².